The zero-order chi connectivity index (χ0) is 25.4. The normalized spacial score (nSPS) is 27.9. The molecule has 35 heavy (non-hydrogen) atoms. The summed E-state index contributed by atoms with van der Waals surface area (Å²) in [5, 5.41) is 34.1. The highest BCUT2D eigenvalue weighted by Gasteiger charge is 2.62. The second-order valence-electron chi connectivity index (χ2n) is 9.68. The fraction of sp³-hybridized carbons (Fsp3) is 0.462. The molecule has 1 saturated carbocycles. The second-order valence-corrected chi connectivity index (χ2v) is 10.5. The van der Waals surface area contributed by atoms with Gasteiger partial charge in [-0.3, -0.25) is 10.1 Å². The SMILES string of the molecule is N#CC1(c2ccc(Cl)cc2F)C(c2cccc(Cl)c2F)[C@H](C(=O)O)N[C@H]1CC1(CO)CCCCC1. The summed E-state index contributed by atoms with van der Waals surface area (Å²) in [6.45, 7) is -0.149. The Balaban J connectivity index is 1.98. The number of aliphatic hydroxyl groups excluding tert-OH is 1. The average Bonchev–Trinajstić information content (AvgIpc) is 3.16. The smallest absolute Gasteiger partial charge is 0.321 e. The van der Waals surface area contributed by atoms with Crippen molar-refractivity contribution in [3.8, 4) is 6.07 Å². The van der Waals surface area contributed by atoms with Gasteiger partial charge in [0, 0.05) is 29.2 Å². The first-order valence-electron chi connectivity index (χ1n) is 11.6. The molecule has 0 aromatic heterocycles. The molecule has 4 atom stereocenters. The number of halogens is 4. The number of aliphatic carboxylic acids is 1. The molecule has 1 heterocycles. The Kier molecular flexibility index (Phi) is 7.40. The Morgan fingerprint density at radius 3 is 2.49 bits per heavy atom. The van der Waals surface area contributed by atoms with Crippen LogP contribution < -0.4 is 5.32 Å². The van der Waals surface area contributed by atoms with E-state index in [0.717, 1.165) is 25.3 Å². The van der Waals surface area contributed by atoms with Gasteiger partial charge in [0.15, 0.2) is 0 Å². The van der Waals surface area contributed by atoms with Crippen molar-refractivity contribution >= 4 is 29.2 Å². The molecule has 0 bridgehead atoms. The van der Waals surface area contributed by atoms with Gasteiger partial charge in [-0.2, -0.15) is 5.26 Å². The fourth-order valence-electron chi connectivity index (χ4n) is 6.09. The van der Waals surface area contributed by atoms with Gasteiger partial charge in [-0.1, -0.05) is 60.7 Å². The molecule has 1 saturated heterocycles. The quantitative estimate of drug-likeness (QED) is 0.460. The Hall–Kier alpha value is -2.24. The Bertz CT molecular complexity index is 1170. The molecule has 0 radical (unpaired) electrons. The summed E-state index contributed by atoms with van der Waals surface area (Å²) in [5.41, 5.74) is -2.54. The molecule has 5 nitrogen and oxygen atoms in total. The predicted molar refractivity (Wildman–Crippen MR) is 128 cm³/mol. The van der Waals surface area contributed by atoms with E-state index in [2.05, 4.69) is 11.4 Å². The minimum atomic E-state index is -1.82. The summed E-state index contributed by atoms with van der Waals surface area (Å²) >= 11 is 12.0. The molecule has 186 valence electrons. The van der Waals surface area contributed by atoms with Gasteiger partial charge >= 0.3 is 5.97 Å². The van der Waals surface area contributed by atoms with Crippen LogP contribution in [0.1, 0.15) is 55.6 Å². The standard InChI is InChI=1S/C26H26Cl2F2N2O3/c27-15-7-8-17(19(29)11-15)26(13-31)20(12-25(14-33)9-2-1-3-10-25)32-23(24(34)35)21(26)16-5-4-6-18(28)22(16)30/h4-8,11,20-21,23,32-33H,1-3,9-10,12,14H2,(H,34,35)/t20-,21?,23+,26?/m0/s1. The van der Waals surface area contributed by atoms with Crippen molar-refractivity contribution in [2.24, 2.45) is 5.41 Å². The lowest BCUT2D eigenvalue weighted by Crippen LogP contribution is -2.47. The number of hydrogen-bond donors (Lipinski definition) is 3. The van der Waals surface area contributed by atoms with Crippen molar-refractivity contribution in [3.63, 3.8) is 0 Å². The van der Waals surface area contributed by atoms with Crippen molar-refractivity contribution in [2.45, 2.75) is 61.9 Å². The first kappa shape index (κ1) is 25.8. The van der Waals surface area contributed by atoms with E-state index >= 15 is 8.78 Å². The van der Waals surface area contributed by atoms with E-state index in [-0.39, 0.29) is 34.2 Å². The first-order chi connectivity index (χ1) is 16.7. The van der Waals surface area contributed by atoms with Gasteiger partial charge < -0.3 is 10.2 Å². The number of benzene rings is 2. The lowest BCUT2D eigenvalue weighted by atomic mass is 9.60. The molecule has 3 N–H and O–H groups in total. The van der Waals surface area contributed by atoms with Gasteiger partial charge in [0.1, 0.15) is 23.1 Å². The second kappa shape index (κ2) is 10.0. The Labute approximate surface area is 212 Å². The van der Waals surface area contributed by atoms with Crippen LogP contribution in [0.15, 0.2) is 36.4 Å². The Morgan fingerprint density at radius 2 is 1.89 bits per heavy atom. The average molecular weight is 523 g/mol. The number of rotatable bonds is 6. The van der Waals surface area contributed by atoms with Gasteiger partial charge in [0.25, 0.3) is 0 Å². The van der Waals surface area contributed by atoms with Crippen molar-refractivity contribution in [1.82, 2.24) is 5.32 Å². The molecular weight excluding hydrogens is 497 g/mol. The zero-order valence-electron chi connectivity index (χ0n) is 18.9. The summed E-state index contributed by atoms with van der Waals surface area (Å²) in [6, 6.07) is 7.97. The molecule has 0 spiro atoms. The summed E-state index contributed by atoms with van der Waals surface area (Å²) in [5.74, 6) is -4.24. The van der Waals surface area contributed by atoms with Crippen LogP contribution in [0.25, 0.3) is 0 Å². The highest BCUT2D eigenvalue weighted by Crippen LogP contribution is 2.54. The number of aliphatic hydroxyl groups is 1. The summed E-state index contributed by atoms with van der Waals surface area (Å²) in [7, 11) is 0. The number of carbonyl (C=O) groups is 1. The fourth-order valence-corrected chi connectivity index (χ4v) is 6.43. The summed E-state index contributed by atoms with van der Waals surface area (Å²) in [4.78, 5) is 12.5. The van der Waals surface area contributed by atoms with Crippen LogP contribution in [0.3, 0.4) is 0 Å². The number of nitriles is 1. The summed E-state index contributed by atoms with van der Waals surface area (Å²) < 4.78 is 30.8. The maximum absolute atomic E-state index is 15.5. The molecule has 2 fully saturated rings. The Morgan fingerprint density at radius 1 is 1.17 bits per heavy atom. The number of nitrogens with one attached hydrogen (secondary N) is 1. The van der Waals surface area contributed by atoms with E-state index in [1.54, 1.807) is 0 Å². The van der Waals surface area contributed by atoms with Crippen LogP contribution in [0.2, 0.25) is 10.0 Å². The van der Waals surface area contributed by atoms with Gasteiger partial charge in [0.2, 0.25) is 0 Å². The minimum absolute atomic E-state index is 0.0704. The van der Waals surface area contributed by atoms with Crippen LogP contribution in [0.4, 0.5) is 8.78 Å². The number of hydrogen-bond acceptors (Lipinski definition) is 4. The van der Waals surface area contributed by atoms with E-state index in [1.165, 1.54) is 30.3 Å². The molecule has 4 rings (SSSR count). The largest absolute Gasteiger partial charge is 0.480 e. The molecule has 2 aliphatic rings. The van der Waals surface area contributed by atoms with E-state index in [0.29, 0.717) is 12.8 Å². The first-order valence-corrected chi connectivity index (χ1v) is 12.3. The molecule has 1 aliphatic carbocycles. The van der Waals surface area contributed by atoms with Gasteiger partial charge in [0.05, 0.1) is 11.1 Å². The van der Waals surface area contributed by atoms with Crippen LogP contribution in [0, 0.1) is 28.4 Å². The maximum Gasteiger partial charge on any atom is 0.321 e. The molecule has 0 amide bonds. The van der Waals surface area contributed by atoms with Crippen LogP contribution >= 0.6 is 23.2 Å². The van der Waals surface area contributed by atoms with Crippen LogP contribution in [-0.4, -0.2) is 34.9 Å². The van der Waals surface area contributed by atoms with Crippen LogP contribution in [-0.2, 0) is 10.2 Å². The van der Waals surface area contributed by atoms with Crippen LogP contribution in [0.5, 0.6) is 0 Å². The molecule has 9 heteroatoms. The third-order valence-electron chi connectivity index (χ3n) is 7.79. The van der Waals surface area contributed by atoms with Crippen molar-refractivity contribution < 1.29 is 23.8 Å². The minimum Gasteiger partial charge on any atom is -0.480 e. The van der Waals surface area contributed by atoms with E-state index in [9.17, 15) is 20.3 Å². The third kappa shape index (κ3) is 4.42. The van der Waals surface area contributed by atoms with E-state index in [4.69, 9.17) is 23.2 Å². The highest BCUT2D eigenvalue weighted by atomic mass is 35.5. The maximum atomic E-state index is 15.5. The van der Waals surface area contributed by atoms with E-state index < -0.39 is 46.4 Å². The van der Waals surface area contributed by atoms with Crippen molar-refractivity contribution in [1.29, 1.82) is 5.26 Å². The lowest BCUT2D eigenvalue weighted by molar-refractivity contribution is -0.139. The molecular formula is C26H26Cl2F2N2O3. The van der Waals surface area contributed by atoms with Gasteiger partial charge in [-0.15, -0.1) is 0 Å². The lowest BCUT2D eigenvalue weighted by Gasteiger charge is -2.42. The number of nitrogens with zero attached hydrogens (tertiary/aromatic N) is 1. The predicted octanol–water partition coefficient (Wildman–Crippen LogP) is 5.57. The number of carboxylic acids is 1. The highest BCUT2D eigenvalue weighted by molar-refractivity contribution is 6.31. The summed E-state index contributed by atoms with van der Waals surface area (Å²) in [6.07, 6.45) is 4.40. The van der Waals surface area contributed by atoms with E-state index in [1.807, 2.05) is 0 Å². The molecule has 1 aliphatic heterocycles. The zero-order valence-corrected chi connectivity index (χ0v) is 20.4. The number of carboxylic acid groups (broad SMARTS) is 1. The molecule has 2 unspecified atom stereocenters. The van der Waals surface area contributed by atoms with Gasteiger partial charge in [-0.25, -0.2) is 8.78 Å². The molecule has 2 aromatic rings. The monoisotopic (exact) mass is 522 g/mol. The topological polar surface area (TPSA) is 93.4 Å². The van der Waals surface area contributed by atoms with Crippen molar-refractivity contribution in [3.05, 3.63) is 69.2 Å². The third-order valence-corrected chi connectivity index (χ3v) is 8.31. The van der Waals surface area contributed by atoms with Gasteiger partial charge in [-0.05, 0) is 48.4 Å². The van der Waals surface area contributed by atoms with Crippen molar-refractivity contribution in [2.75, 3.05) is 6.61 Å². The molecule has 2 aromatic carbocycles.